The van der Waals surface area contributed by atoms with Crippen molar-refractivity contribution < 1.29 is 19.4 Å². The Morgan fingerprint density at radius 3 is 2.24 bits per heavy atom. The fourth-order valence-electron chi connectivity index (χ4n) is 4.09. The highest BCUT2D eigenvalue weighted by Crippen LogP contribution is 2.31. The molecular weight excluding hydrogens is 477 g/mol. The van der Waals surface area contributed by atoms with Gasteiger partial charge in [0.2, 0.25) is 0 Å². The van der Waals surface area contributed by atoms with Crippen LogP contribution in [0.1, 0.15) is 32.0 Å². The number of carbonyl (C=O) groups excluding carboxylic acids is 1. The van der Waals surface area contributed by atoms with Gasteiger partial charge in [-0.3, -0.25) is 9.69 Å². The number of hydrogen-bond acceptors (Lipinski definition) is 4. The molecular formula is C25H25Cl2N3O4. The Hall–Kier alpha value is -3.00. The molecule has 1 amide bonds. The number of benzene rings is 2. The Balaban J connectivity index is 1.50. The second-order valence-electron chi connectivity index (χ2n) is 8.18. The molecule has 0 aliphatic carbocycles. The maximum absolute atomic E-state index is 13.4. The summed E-state index contributed by atoms with van der Waals surface area (Å²) >= 11 is 12.5. The molecule has 0 radical (unpaired) electrons. The molecule has 0 saturated carbocycles. The van der Waals surface area contributed by atoms with Gasteiger partial charge >= 0.3 is 5.97 Å². The van der Waals surface area contributed by atoms with Crippen molar-refractivity contribution in [1.82, 2.24) is 14.4 Å². The molecule has 4 rings (SSSR count). The minimum Gasteiger partial charge on any atom is -0.485 e. The summed E-state index contributed by atoms with van der Waals surface area (Å²) in [6, 6.07) is 15.3. The van der Waals surface area contributed by atoms with Crippen LogP contribution in [0.2, 0.25) is 10.0 Å². The van der Waals surface area contributed by atoms with E-state index in [0.717, 1.165) is 19.6 Å². The number of aryl methyl sites for hydroxylation is 1. The first-order valence-electron chi connectivity index (χ1n) is 10.9. The van der Waals surface area contributed by atoms with Crippen LogP contribution in [0, 0.1) is 0 Å². The summed E-state index contributed by atoms with van der Waals surface area (Å²) in [6.45, 7) is 3.30. The van der Waals surface area contributed by atoms with Gasteiger partial charge < -0.3 is 19.3 Å². The number of nitrogens with zero attached hydrogens (tertiary/aromatic N) is 3. The SMILES string of the molecule is Cn1cc(C(=O)N2CCN(Cc3ccccc3)CC2)c(OCc2c(Cl)cccc2Cl)c1C(=O)O. The highest BCUT2D eigenvalue weighted by atomic mass is 35.5. The third-order valence-electron chi connectivity index (χ3n) is 5.90. The lowest BCUT2D eigenvalue weighted by Crippen LogP contribution is -2.48. The molecule has 3 aromatic rings. The van der Waals surface area contributed by atoms with Crippen LogP contribution in [0.25, 0.3) is 0 Å². The predicted octanol–water partition coefficient (Wildman–Crippen LogP) is 4.57. The molecule has 1 aromatic heterocycles. The zero-order chi connectivity index (χ0) is 24.2. The third-order valence-corrected chi connectivity index (χ3v) is 6.61. The lowest BCUT2D eigenvalue weighted by atomic mass is 10.1. The molecule has 0 unspecified atom stereocenters. The lowest BCUT2D eigenvalue weighted by Gasteiger charge is -2.34. The first kappa shape index (κ1) is 24.1. The maximum Gasteiger partial charge on any atom is 0.356 e. The molecule has 1 fully saturated rings. The highest BCUT2D eigenvalue weighted by molar-refractivity contribution is 6.35. The average Bonchev–Trinajstić information content (AvgIpc) is 3.15. The summed E-state index contributed by atoms with van der Waals surface area (Å²) in [5.74, 6) is -1.43. The number of carboxylic acid groups (broad SMARTS) is 1. The van der Waals surface area contributed by atoms with Crippen molar-refractivity contribution in [3.05, 3.63) is 87.2 Å². The van der Waals surface area contributed by atoms with Gasteiger partial charge in [-0.2, -0.15) is 0 Å². The largest absolute Gasteiger partial charge is 0.485 e. The number of piperazine rings is 1. The van der Waals surface area contributed by atoms with Crippen LogP contribution in [0.3, 0.4) is 0 Å². The van der Waals surface area contributed by atoms with Crippen LogP contribution in [0.15, 0.2) is 54.7 Å². The molecule has 2 heterocycles. The van der Waals surface area contributed by atoms with E-state index in [0.29, 0.717) is 28.7 Å². The van der Waals surface area contributed by atoms with E-state index in [-0.39, 0.29) is 29.5 Å². The molecule has 2 aromatic carbocycles. The van der Waals surface area contributed by atoms with Gasteiger partial charge in [-0.25, -0.2) is 4.79 Å². The van der Waals surface area contributed by atoms with Gasteiger partial charge in [-0.05, 0) is 17.7 Å². The molecule has 34 heavy (non-hydrogen) atoms. The lowest BCUT2D eigenvalue weighted by molar-refractivity contribution is 0.0624. The number of amides is 1. The van der Waals surface area contributed by atoms with E-state index < -0.39 is 5.97 Å². The van der Waals surface area contributed by atoms with Crippen LogP contribution < -0.4 is 4.74 Å². The van der Waals surface area contributed by atoms with Crippen molar-refractivity contribution in [3.8, 4) is 5.75 Å². The van der Waals surface area contributed by atoms with Gasteiger partial charge in [0.1, 0.15) is 12.2 Å². The minimum absolute atomic E-state index is 0.0164. The number of aromatic carboxylic acids is 1. The molecule has 1 aliphatic rings. The summed E-state index contributed by atoms with van der Waals surface area (Å²) in [5.41, 5.74) is 1.86. The minimum atomic E-state index is -1.19. The third kappa shape index (κ3) is 5.22. The van der Waals surface area contributed by atoms with Crippen molar-refractivity contribution in [3.63, 3.8) is 0 Å². The Morgan fingerprint density at radius 1 is 0.971 bits per heavy atom. The van der Waals surface area contributed by atoms with Crippen LogP contribution in [0.4, 0.5) is 0 Å². The number of rotatable bonds is 7. The normalized spacial score (nSPS) is 14.3. The molecule has 1 aliphatic heterocycles. The number of halogens is 2. The summed E-state index contributed by atoms with van der Waals surface area (Å²) in [7, 11) is 1.58. The average molecular weight is 502 g/mol. The van der Waals surface area contributed by atoms with E-state index in [1.165, 1.54) is 16.3 Å². The molecule has 7 nitrogen and oxygen atoms in total. The van der Waals surface area contributed by atoms with Crippen molar-refractivity contribution in [2.75, 3.05) is 26.2 Å². The van der Waals surface area contributed by atoms with Gasteiger partial charge in [0.15, 0.2) is 11.4 Å². The van der Waals surface area contributed by atoms with Crippen molar-refractivity contribution in [1.29, 1.82) is 0 Å². The molecule has 1 saturated heterocycles. The predicted molar refractivity (Wildman–Crippen MR) is 131 cm³/mol. The fourth-order valence-corrected chi connectivity index (χ4v) is 4.59. The maximum atomic E-state index is 13.4. The Labute approximate surface area is 208 Å². The molecule has 178 valence electrons. The van der Waals surface area contributed by atoms with Gasteiger partial charge in [0.05, 0.1) is 0 Å². The summed E-state index contributed by atoms with van der Waals surface area (Å²) in [6.07, 6.45) is 1.51. The smallest absolute Gasteiger partial charge is 0.356 e. The number of carbonyl (C=O) groups is 2. The molecule has 1 N–H and O–H groups in total. The van der Waals surface area contributed by atoms with Crippen molar-refractivity contribution in [2.24, 2.45) is 7.05 Å². The highest BCUT2D eigenvalue weighted by Gasteiger charge is 2.30. The standard InChI is InChI=1S/C25H25Cl2N3O4/c1-28-15-18(23(22(28)25(32)33)34-16-19-20(26)8-5-9-21(19)27)24(31)30-12-10-29(11-13-30)14-17-6-3-2-4-7-17/h2-9,15H,10-14,16H2,1H3,(H,32,33). The van der Waals surface area contributed by atoms with E-state index in [9.17, 15) is 14.7 Å². The topological polar surface area (TPSA) is 75.0 Å². The summed E-state index contributed by atoms with van der Waals surface area (Å²) in [5, 5.41) is 10.6. The molecule has 0 spiro atoms. The van der Waals surface area contributed by atoms with E-state index in [2.05, 4.69) is 17.0 Å². The summed E-state index contributed by atoms with van der Waals surface area (Å²) in [4.78, 5) is 29.3. The zero-order valence-electron chi connectivity index (χ0n) is 18.7. The molecule has 0 atom stereocenters. The quantitative estimate of drug-likeness (QED) is 0.513. The van der Waals surface area contributed by atoms with E-state index in [4.69, 9.17) is 27.9 Å². The Morgan fingerprint density at radius 2 is 1.62 bits per heavy atom. The van der Waals surface area contributed by atoms with Gasteiger partial charge in [0, 0.05) is 61.6 Å². The first-order chi connectivity index (χ1) is 16.3. The molecule has 9 heteroatoms. The monoisotopic (exact) mass is 501 g/mol. The van der Waals surface area contributed by atoms with Gasteiger partial charge in [-0.15, -0.1) is 0 Å². The number of carboxylic acids is 1. The van der Waals surface area contributed by atoms with Crippen LogP contribution in [-0.4, -0.2) is 57.5 Å². The van der Waals surface area contributed by atoms with Crippen LogP contribution >= 0.6 is 23.2 Å². The van der Waals surface area contributed by atoms with Crippen molar-refractivity contribution in [2.45, 2.75) is 13.2 Å². The van der Waals surface area contributed by atoms with Gasteiger partial charge in [0.25, 0.3) is 5.91 Å². The van der Waals surface area contributed by atoms with Gasteiger partial charge in [-0.1, -0.05) is 59.6 Å². The Bertz CT molecular complexity index is 1170. The Kier molecular flexibility index (Phi) is 7.46. The van der Waals surface area contributed by atoms with E-state index in [1.807, 2.05) is 18.2 Å². The van der Waals surface area contributed by atoms with Crippen LogP contribution in [-0.2, 0) is 20.2 Å². The first-order valence-corrected chi connectivity index (χ1v) is 11.6. The van der Waals surface area contributed by atoms with E-state index >= 15 is 0 Å². The second-order valence-corrected chi connectivity index (χ2v) is 8.99. The second kappa shape index (κ2) is 10.5. The number of aromatic nitrogens is 1. The van der Waals surface area contributed by atoms with Crippen molar-refractivity contribution >= 4 is 35.1 Å². The fraction of sp³-hybridized carbons (Fsp3) is 0.280. The summed E-state index contributed by atoms with van der Waals surface area (Å²) < 4.78 is 7.28. The van der Waals surface area contributed by atoms with E-state index in [1.54, 1.807) is 30.1 Å². The zero-order valence-corrected chi connectivity index (χ0v) is 20.2. The molecule has 0 bridgehead atoms. The van der Waals surface area contributed by atoms with Crippen LogP contribution in [0.5, 0.6) is 5.75 Å². The number of ether oxygens (including phenoxy) is 1. The number of hydrogen-bond donors (Lipinski definition) is 1.